The second kappa shape index (κ2) is 23.9. The zero-order valence-corrected chi connectivity index (χ0v) is 48.5. The van der Waals surface area contributed by atoms with Gasteiger partial charge in [-0.3, -0.25) is 24.0 Å². The van der Waals surface area contributed by atoms with Crippen molar-refractivity contribution in [2.45, 2.75) is 84.2 Å². The molecule has 3 aromatic carbocycles. The van der Waals surface area contributed by atoms with Gasteiger partial charge in [-0.15, -0.1) is 11.3 Å². The van der Waals surface area contributed by atoms with E-state index in [-0.39, 0.29) is 43.4 Å². The number of ketones is 1. The van der Waals surface area contributed by atoms with E-state index in [9.17, 15) is 32.3 Å². The van der Waals surface area contributed by atoms with E-state index in [1.54, 1.807) is 34.7 Å². The molecule has 4 atom stereocenters. The van der Waals surface area contributed by atoms with Gasteiger partial charge in [-0.25, -0.2) is 28.1 Å². The third-order valence-corrected chi connectivity index (χ3v) is 19.1. The summed E-state index contributed by atoms with van der Waals surface area (Å²) in [6.45, 7) is 13.5. The van der Waals surface area contributed by atoms with Crippen molar-refractivity contribution in [1.82, 2.24) is 49.2 Å². The number of hydrogen-bond acceptors (Lipinski definition) is 13. The number of nitrogens with one attached hydrogen (secondary N) is 4. The number of aryl methyl sites for hydroxylation is 1. The molecule has 0 radical (unpaired) electrons. The first-order chi connectivity index (χ1) is 39.7. The molecule has 4 aliphatic rings. The number of likely N-dealkylation sites (tertiary alicyclic amines) is 1. The lowest BCUT2D eigenvalue weighted by molar-refractivity contribution is -0.141. The number of benzene rings is 3. The van der Waals surface area contributed by atoms with Gasteiger partial charge in [0.2, 0.25) is 17.6 Å². The molecule has 0 aliphatic carbocycles. The molecule has 11 rings (SSSR count). The standard InChI is InChI=1S/C60H69F3N12O6S2/c1-36-55(82-35-67-36)40-7-5-37(6-8-40)25-43-29-65-58(68-43)50-27-45(76)33-75(50)59(79)56(60(2,3)4)69-51(77)34-72-23-21-71(22-24-72)31-38-15-18-73(19-16-38)44-11-9-39(10-12-44)41-26-46-47(30-66-57(46)64-28-41)54(78)52-48(62)13-14-49(53(52)63)70-83(80,81)74-20-17-42(61)32-74/h5-14,26,28-30,35,38,42,45,50,56,70,76H,15-25,27,31-34H2,1-4H3,(H,64,66)(H,65,68)(H,69,77)/t42-,45-,50+,56?/m1/s1. The first-order valence-electron chi connectivity index (χ1n) is 28.3. The van der Waals surface area contributed by atoms with Crippen molar-refractivity contribution in [1.29, 1.82) is 0 Å². The Kier molecular flexibility index (Phi) is 16.7. The van der Waals surface area contributed by atoms with Gasteiger partial charge in [-0.1, -0.05) is 57.2 Å². The molecule has 7 aromatic rings. The third-order valence-electron chi connectivity index (χ3n) is 16.6. The number of carbonyl (C=O) groups is 3. The predicted molar refractivity (Wildman–Crippen MR) is 313 cm³/mol. The predicted octanol–water partition coefficient (Wildman–Crippen LogP) is 7.88. The molecule has 438 valence electrons. The molecule has 2 amide bonds. The normalized spacial score (nSPS) is 20.1. The van der Waals surface area contributed by atoms with Gasteiger partial charge in [0.1, 0.15) is 29.5 Å². The quantitative estimate of drug-likeness (QED) is 0.0551. The Morgan fingerprint density at radius 2 is 1.58 bits per heavy atom. The van der Waals surface area contributed by atoms with Crippen LogP contribution in [0.4, 0.5) is 24.5 Å². The van der Waals surface area contributed by atoms with Crippen LogP contribution in [-0.4, -0.2) is 165 Å². The van der Waals surface area contributed by atoms with Gasteiger partial charge in [0, 0.05) is 125 Å². The van der Waals surface area contributed by atoms with Gasteiger partial charge in [0.25, 0.3) is 0 Å². The number of fused-ring (bicyclic) bond motifs is 1. The van der Waals surface area contributed by atoms with Crippen molar-refractivity contribution in [2.75, 3.05) is 81.6 Å². The highest BCUT2D eigenvalue weighted by Crippen LogP contribution is 2.36. The average Bonchev–Trinajstić information content (AvgIpc) is 4.55. The second-order valence-corrected chi connectivity index (χ2v) is 26.1. The summed E-state index contributed by atoms with van der Waals surface area (Å²) in [5, 5.41) is 14.3. The number of pyridine rings is 1. The first kappa shape index (κ1) is 57.8. The van der Waals surface area contributed by atoms with Crippen LogP contribution in [0.3, 0.4) is 0 Å². The minimum atomic E-state index is -4.37. The zero-order valence-electron chi connectivity index (χ0n) is 46.9. The van der Waals surface area contributed by atoms with E-state index in [0.29, 0.717) is 41.2 Å². The van der Waals surface area contributed by atoms with Crippen LogP contribution in [0.25, 0.3) is 32.6 Å². The van der Waals surface area contributed by atoms with E-state index < -0.39 is 75.2 Å². The maximum Gasteiger partial charge on any atom is 0.301 e. The number of thiazole rings is 1. The van der Waals surface area contributed by atoms with Gasteiger partial charge in [-0.05, 0) is 84.5 Å². The van der Waals surface area contributed by atoms with E-state index in [4.69, 9.17) is 0 Å². The Labute approximate surface area is 484 Å². The summed E-state index contributed by atoms with van der Waals surface area (Å²) in [4.78, 5) is 71.7. The molecule has 4 aromatic heterocycles. The summed E-state index contributed by atoms with van der Waals surface area (Å²) < 4.78 is 73.5. The van der Waals surface area contributed by atoms with Crippen molar-refractivity contribution >= 4 is 61.6 Å². The molecule has 0 bridgehead atoms. The number of H-pyrrole nitrogens is 2. The molecule has 5 N–H and O–H groups in total. The maximum absolute atomic E-state index is 15.8. The van der Waals surface area contributed by atoms with Crippen LogP contribution in [0.15, 0.2) is 90.8 Å². The molecule has 4 fully saturated rings. The minimum absolute atomic E-state index is 0.00200. The summed E-state index contributed by atoms with van der Waals surface area (Å²) in [5.74, 6) is -2.89. The molecule has 83 heavy (non-hydrogen) atoms. The lowest BCUT2D eigenvalue weighted by atomic mass is 9.85. The van der Waals surface area contributed by atoms with Crippen LogP contribution in [0, 0.1) is 29.9 Å². The van der Waals surface area contributed by atoms with Crippen LogP contribution in [-0.2, 0) is 26.2 Å². The highest BCUT2D eigenvalue weighted by molar-refractivity contribution is 7.90. The third kappa shape index (κ3) is 12.7. The van der Waals surface area contributed by atoms with Crippen LogP contribution >= 0.6 is 11.3 Å². The number of aromatic amines is 2. The van der Waals surface area contributed by atoms with Gasteiger partial charge in [0.15, 0.2) is 5.82 Å². The number of imidazole rings is 1. The number of aliphatic hydroxyl groups excluding tert-OH is 1. The molecule has 0 spiro atoms. The van der Waals surface area contributed by atoms with Crippen molar-refractivity contribution in [3.05, 3.63) is 136 Å². The highest BCUT2D eigenvalue weighted by Gasteiger charge is 2.44. The van der Waals surface area contributed by atoms with Gasteiger partial charge in [0.05, 0.1) is 46.0 Å². The number of aromatic nitrogens is 5. The number of piperidine rings is 1. The lowest BCUT2D eigenvalue weighted by Gasteiger charge is -2.39. The van der Waals surface area contributed by atoms with E-state index in [2.05, 4.69) is 69.2 Å². The minimum Gasteiger partial charge on any atom is -0.391 e. The molecule has 0 saturated carbocycles. The fourth-order valence-electron chi connectivity index (χ4n) is 11.9. The topological polar surface area (TPSA) is 216 Å². The number of piperazine rings is 1. The summed E-state index contributed by atoms with van der Waals surface area (Å²) >= 11 is 1.62. The summed E-state index contributed by atoms with van der Waals surface area (Å²) in [6.07, 6.45) is 5.68. The smallest absolute Gasteiger partial charge is 0.301 e. The van der Waals surface area contributed by atoms with E-state index in [0.717, 1.165) is 114 Å². The van der Waals surface area contributed by atoms with Crippen LogP contribution in [0.1, 0.15) is 91.2 Å². The number of halogens is 3. The molecular weight excluding hydrogens is 1110 g/mol. The fraction of sp³-hybridized carbons (Fsp3) is 0.433. The van der Waals surface area contributed by atoms with E-state index in [1.807, 2.05) is 62.2 Å². The van der Waals surface area contributed by atoms with Crippen molar-refractivity contribution < 1.29 is 41.1 Å². The van der Waals surface area contributed by atoms with Crippen molar-refractivity contribution in [2.24, 2.45) is 11.3 Å². The van der Waals surface area contributed by atoms with Gasteiger partial charge in [-0.2, -0.15) is 12.7 Å². The Morgan fingerprint density at radius 1 is 0.855 bits per heavy atom. The molecule has 1 unspecified atom stereocenters. The number of nitrogens with zero attached hydrogens (tertiary/aromatic N) is 8. The van der Waals surface area contributed by atoms with Crippen molar-refractivity contribution in [3.8, 4) is 21.6 Å². The Bertz CT molecular complexity index is 3610. The van der Waals surface area contributed by atoms with Gasteiger partial charge < -0.3 is 35.1 Å². The number of hydrogen-bond donors (Lipinski definition) is 5. The molecule has 4 saturated heterocycles. The number of aliphatic hydroxyl groups is 1. The van der Waals surface area contributed by atoms with Gasteiger partial charge >= 0.3 is 10.2 Å². The van der Waals surface area contributed by atoms with E-state index in [1.165, 1.54) is 6.20 Å². The number of carbonyl (C=O) groups excluding carboxylic acids is 3. The monoisotopic (exact) mass is 1170 g/mol. The van der Waals surface area contributed by atoms with Crippen LogP contribution in [0.5, 0.6) is 0 Å². The fourth-order valence-corrected chi connectivity index (χ4v) is 14.0. The Hall–Kier alpha value is -7.02. The molecule has 4 aliphatic heterocycles. The van der Waals surface area contributed by atoms with Crippen LogP contribution in [0.2, 0.25) is 0 Å². The Balaban J connectivity index is 0.641. The average molecular weight is 1180 g/mol. The number of alkyl halides is 1. The number of β-amino-alcohol motifs (C(OH)–C–C–N with tert-alkyl or cyclic N) is 1. The molecular formula is C60H69F3N12O6S2. The van der Waals surface area contributed by atoms with Crippen molar-refractivity contribution in [3.63, 3.8) is 0 Å². The van der Waals surface area contributed by atoms with E-state index >= 15 is 8.78 Å². The SMILES string of the molecule is Cc1ncsc1-c1ccc(Cc2cnc([C@@H]3C[C@@H](O)CN3C(=O)C(NC(=O)CN3CCN(CC4CCN(c5ccc(-c6cnc7[nH]cc(C(=O)c8c(F)ccc(NS(=O)(=O)N9CC[C@@H](F)C9)c8F)c7c6)cc5)CC4)CC3)C(C)(C)C)[nH]2)cc1. The highest BCUT2D eigenvalue weighted by atomic mass is 32.2. The number of rotatable bonds is 17. The van der Waals surface area contributed by atoms with Crippen LogP contribution < -0.4 is 14.9 Å². The summed E-state index contributed by atoms with van der Waals surface area (Å²) in [6, 6.07) is 18.6. The largest absolute Gasteiger partial charge is 0.391 e. The number of amides is 2. The molecule has 23 heteroatoms. The number of anilines is 2. The Morgan fingerprint density at radius 3 is 2.27 bits per heavy atom. The summed E-state index contributed by atoms with van der Waals surface area (Å²) in [5.41, 5.74) is 6.65. The zero-order chi connectivity index (χ0) is 58.3. The second-order valence-electron chi connectivity index (χ2n) is 23.5. The molecule has 8 heterocycles. The maximum atomic E-state index is 15.8. The summed E-state index contributed by atoms with van der Waals surface area (Å²) in [7, 11) is -4.37. The lowest BCUT2D eigenvalue weighted by Crippen LogP contribution is -2.57. The first-order valence-corrected chi connectivity index (χ1v) is 30.6. The molecule has 18 nitrogen and oxygen atoms in total.